The van der Waals surface area contributed by atoms with Gasteiger partial charge in [-0.1, -0.05) is 24.3 Å². The SMILES string of the molecule is NC(=O)c1cccc(-c2nc3ccc(Nc4ccccc4)cc3o2)c1. The van der Waals surface area contributed by atoms with E-state index in [1.807, 2.05) is 54.6 Å². The molecule has 4 aromatic rings. The third-order valence-electron chi connectivity index (χ3n) is 3.84. The molecule has 5 heteroatoms. The maximum atomic E-state index is 11.3. The lowest BCUT2D eigenvalue weighted by Gasteiger charge is -2.05. The van der Waals surface area contributed by atoms with Crippen LogP contribution < -0.4 is 11.1 Å². The quantitative estimate of drug-likeness (QED) is 0.583. The van der Waals surface area contributed by atoms with E-state index in [1.165, 1.54) is 0 Å². The predicted octanol–water partition coefficient (Wildman–Crippen LogP) is 4.34. The Hall–Kier alpha value is -3.60. The van der Waals surface area contributed by atoms with Gasteiger partial charge >= 0.3 is 0 Å². The van der Waals surface area contributed by atoms with Gasteiger partial charge in [-0.05, 0) is 42.5 Å². The summed E-state index contributed by atoms with van der Waals surface area (Å²) in [6, 6.07) is 22.6. The number of aromatic nitrogens is 1. The summed E-state index contributed by atoms with van der Waals surface area (Å²) >= 11 is 0. The first kappa shape index (κ1) is 15.0. The van der Waals surface area contributed by atoms with Gasteiger partial charge in [-0.15, -0.1) is 0 Å². The van der Waals surface area contributed by atoms with E-state index in [1.54, 1.807) is 18.2 Å². The van der Waals surface area contributed by atoms with Crippen LogP contribution in [0.4, 0.5) is 11.4 Å². The number of amides is 1. The second kappa shape index (κ2) is 6.13. The van der Waals surface area contributed by atoms with Crippen LogP contribution in [0.25, 0.3) is 22.6 Å². The molecule has 0 aliphatic carbocycles. The molecule has 5 nitrogen and oxygen atoms in total. The van der Waals surface area contributed by atoms with E-state index in [0.717, 1.165) is 16.9 Å². The number of hydrogen-bond donors (Lipinski definition) is 2. The molecule has 3 aromatic carbocycles. The molecule has 4 rings (SSSR count). The number of oxazole rings is 1. The van der Waals surface area contributed by atoms with Crippen LogP contribution in [0.15, 0.2) is 77.2 Å². The molecule has 0 spiro atoms. The van der Waals surface area contributed by atoms with Gasteiger partial charge in [0, 0.05) is 28.6 Å². The molecule has 0 atom stereocenters. The van der Waals surface area contributed by atoms with E-state index in [9.17, 15) is 4.79 Å². The minimum atomic E-state index is -0.479. The molecule has 0 fully saturated rings. The number of benzene rings is 3. The Labute approximate surface area is 144 Å². The second-order valence-electron chi connectivity index (χ2n) is 5.64. The third-order valence-corrected chi connectivity index (χ3v) is 3.84. The number of nitrogens with one attached hydrogen (secondary N) is 1. The molecule has 0 aliphatic heterocycles. The van der Waals surface area contributed by atoms with Gasteiger partial charge in [0.25, 0.3) is 0 Å². The van der Waals surface area contributed by atoms with E-state index >= 15 is 0 Å². The Balaban J connectivity index is 1.69. The molecule has 25 heavy (non-hydrogen) atoms. The summed E-state index contributed by atoms with van der Waals surface area (Å²) in [5, 5.41) is 3.32. The standard InChI is InChI=1S/C20H15N3O2/c21-19(24)13-5-4-6-14(11-13)20-23-17-10-9-16(12-18(17)25-20)22-15-7-2-1-3-8-15/h1-12,22H,(H2,21,24). The zero-order valence-corrected chi connectivity index (χ0v) is 13.3. The fraction of sp³-hybridized carbons (Fsp3) is 0. The van der Waals surface area contributed by atoms with Crippen LogP contribution in [0.3, 0.4) is 0 Å². The van der Waals surface area contributed by atoms with Crippen molar-refractivity contribution in [3.8, 4) is 11.5 Å². The van der Waals surface area contributed by atoms with Gasteiger partial charge in [0.1, 0.15) is 5.52 Å². The topological polar surface area (TPSA) is 81.2 Å². The number of carbonyl (C=O) groups is 1. The molecule has 1 amide bonds. The minimum Gasteiger partial charge on any atom is -0.436 e. The summed E-state index contributed by atoms with van der Waals surface area (Å²) in [5.74, 6) is -0.0257. The van der Waals surface area contributed by atoms with Crippen molar-refractivity contribution >= 4 is 28.4 Å². The van der Waals surface area contributed by atoms with Crippen LogP contribution >= 0.6 is 0 Å². The first-order chi connectivity index (χ1) is 12.2. The Morgan fingerprint density at radius 1 is 0.920 bits per heavy atom. The van der Waals surface area contributed by atoms with Crippen molar-refractivity contribution in [2.75, 3.05) is 5.32 Å². The van der Waals surface area contributed by atoms with E-state index in [2.05, 4.69) is 10.3 Å². The maximum Gasteiger partial charge on any atom is 0.248 e. The molecular formula is C20H15N3O2. The van der Waals surface area contributed by atoms with Crippen molar-refractivity contribution < 1.29 is 9.21 Å². The molecule has 0 saturated heterocycles. The fourth-order valence-corrected chi connectivity index (χ4v) is 2.62. The molecular weight excluding hydrogens is 314 g/mol. The molecule has 0 saturated carbocycles. The maximum absolute atomic E-state index is 11.3. The molecule has 0 radical (unpaired) electrons. The van der Waals surface area contributed by atoms with Crippen molar-refractivity contribution in [1.82, 2.24) is 4.98 Å². The van der Waals surface area contributed by atoms with Crippen molar-refractivity contribution in [1.29, 1.82) is 0 Å². The van der Waals surface area contributed by atoms with Gasteiger partial charge in [0.05, 0.1) is 0 Å². The van der Waals surface area contributed by atoms with Gasteiger partial charge in [-0.3, -0.25) is 4.79 Å². The Morgan fingerprint density at radius 2 is 1.76 bits per heavy atom. The van der Waals surface area contributed by atoms with Gasteiger partial charge in [0.15, 0.2) is 5.58 Å². The van der Waals surface area contributed by atoms with Crippen LogP contribution in [0.2, 0.25) is 0 Å². The van der Waals surface area contributed by atoms with Crippen LogP contribution in [-0.4, -0.2) is 10.9 Å². The zero-order chi connectivity index (χ0) is 17.2. The number of nitrogens with two attached hydrogens (primary N) is 1. The zero-order valence-electron chi connectivity index (χ0n) is 13.3. The van der Waals surface area contributed by atoms with Crippen molar-refractivity contribution in [2.45, 2.75) is 0 Å². The van der Waals surface area contributed by atoms with E-state index in [0.29, 0.717) is 22.6 Å². The lowest BCUT2D eigenvalue weighted by Crippen LogP contribution is -2.10. The second-order valence-corrected chi connectivity index (χ2v) is 5.64. The van der Waals surface area contributed by atoms with Crippen LogP contribution in [0.1, 0.15) is 10.4 Å². The van der Waals surface area contributed by atoms with Crippen molar-refractivity contribution in [3.05, 3.63) is 78.4 Å². The smallest absolute Gasteiger partial charge is 0.248 e. The highest BCUT2D eigenvalue weighted by molar-refractivity contribution is 5.94. The largest absolute Gasteiger partial charge is 0.436 e. The summed E-state index contributed by atoms with van der Waals surface area (Å²) < 4.78 is 5.86. The number of fused-ring (bicyclic) bond motifs is 1. The summed E-state index contributed by atoms with van der Waals surface area (Å²) in [6.45, 7) is 0. The number of carbonyl (C=O) groups excluding carboxylic acids is 1. The van der Waals surface area contributed by atoms with Gasteiger partial charge in [-0.25, -0.2) is 4.98 Å². The Bertz CT molecular complexity index is 1050. The highest BCUT2D eigenvalue weighted by atomic mass is 16.3. The normalized spacial score (nSPS) is 10.7. The molecule has 3 N–H and O–H groups in total. The van der Waals surface area contributed by atoms with Crippen molar-refractivity contribution in [2.24, 2.45) is 5.73 Å². The van der Waals surface area contributed by atoms with Crippen LogP contribution in [-0.2, 0) is 0 Å². The summed E-state index contributed by atoms with van der Waals surface area (Å²) in [5.41, 5.74) is 9.79. The highest BCUT2D eigenvalue weighted by Crippen LogP contribution is 2.28. The Kier molecular flexibility index (Phi) is 3.67. The average molecular weight is 329 g/mol. The first-order valence-corrected chi connectivity index (χ1v) is 7.82. The number of nitrogens with zero attached hydrogens (tertiary/aromatic N) is 1. The van der Waals surface area contributed by atoms with Gasteiger partial charge < -0.3 is 15.5 Å². The van der Waals surface area contributed by atoms with Crippen LogP contribution in [0, 0.1) is 0 Å². The molecule has 1 aromatic heterocycles. The van der Waals surface area contributed by atoms with Crippen LogP contribution in [0.5, 0.6) is 0 Å². The number of hydrogen-bond acceptors (Lipinski definition) is 4. The summed E-state index contributed by atoms with van der Waals surface area (Å²) in [4.78, 5) is 15.8. The van der Waals surface area contributed by atoms with E-state index in [-0.39, 0.29) is 0 Å². The summed E-state index contributed by atoms with van der Waals surface area (Å²) in [7, 11) is 0. The Morgan fingerprint density at radius 3 is 2.56 bits per heavy atom. The molecule has 0 unspecified atom stereocenters. The minimum absolute atomic E-state index is 0.422. The molecule has 122 valence electrons. The number of anilines is 2. The summed E-state index contributed by atoms with van der Waals surface area (Å²) in [6.07, 6.45) is 0. The van der Waals surface area contributed by atoms with E-state index < -0.39 is 5.91 Å². The van der Waals surface area contributed by atoms with Gasteiger partial charge in [0.2, 0.25) is 11.8 Å². The lowest BCUT2D eigenvalue weighted by molar-refractivity contribution is 0.100. The lowest BCUT2D eigenvalue weighted by atomic mass is 10.1. The first-order valence-electron chi connectivity index (χ1n) is 7.82. The number of rotatable bonds is 4. The number of primary amides is 1. The fourth-order valence-electron chi connectivity index (χ4n) is 2.62. The predicted molar refractivity (Wildman–Crippen MR) is 97.7 cm³/mol. The van der Waals surface area contributed by atoms with Gasteiger partial charge in [-0.2, -0.15) is 0 Å². The van der Waals surface area contributed by atoms with Crippen molar-refractivity contribution in [3.63, 3.8) is 0 Å². The van der Waals surface area contributed by atoms with E-state index in [4.69, 9.17) is 10.2 Å². The average Bonchev–Trinajstić information content (AvgIpc) is 3.06. The third kappa shape index (κ3) is 3.07. The monoisotopic (exact) mass is 329 g/mol. The molecule has 1 heterocycles. The number of para-hydroxylation sites is 1. The highest BCUT2D eigenvalue weighted by Gasteiger charge is 2.11. The molecule has 0 bridgehead atoms. The molecule has 0 aliphatic rings.